The van der Waals surface area contributed by atoms with Gasteiger partial charge < -0.3 is 9.55 Å². The highest BCUT2D eigenvalue weighted by atomic mass is 32.1. The Labute approximate surface area is 102 Å². The number of hydrogen-bond acceptors (Lipinski definition) is 1. The maximum Gasteiger partial charge on any atom is 0.184 e. The molecule has 17 heavy (non-hydrogen) atoms. The van der Waals surface area contributed by atoms with Crippen LogP contribution in [0.1, 0.15) is 25.8 Å². The van der Waals surface area contributed by atoms with Crippen LogP contribution in [-0.4, -0.2) is 9.55 Å². The molecule has 0 saturated heterocycles. The first kappa shape index (κ1) is 10.9. The lowest BCUT2D eigenvalue weighted by atomic mass is 10.2. The zero-order valence-electron chi connectivity index (χ0n) is 9.34. The summed E-state index contributed by atoms with van der Waals surface area (Å²) in [6.45, 7) is 2.10. The first-order valence-electron chi connectivity index (χ1n) is 5.71. The van der Waals surface area contributed by atoms with Gasteiger partial charge in [0, 0.05) is 6.04 Å². The van der Waals surface area contributed by atoms with Crippen LogP contribution in [0.4, 0.5) is 8.78 Å². The van der Waals surface area contributed by atoms with Gasteiger partial charge >= 0.3 is 0 Å². The van der Waals surface area contributed by atoms with E-state index in [0.29, 0.717) is 16.2 Å². The Hall–Kier alpha value is -1.23. The van der Waals surface area contributed by atoms with Crippen molar-refractivity contribution in [1.82, 2.24) is 9.55 Å². The van der Waals surface area contributed by atoms with E-state index >= 15 is 0 Å². The first-order valence-corrected chi connectivity index (χ1v) is 6.12. The van der Waals surface area contributed by atoms with Gasteiger partial charge in [-0.15, -0.1) is 0 Å². The SMILES string of the molecule is CCC1CC1n1c(=S)[nH]c2ccc(F)c(F)c21. The molecule has 1 aromatic heterocycles. The van der Waals surface area contributed by atoms with Crippen LogP contribution in [0.2, 0.25) is 0 Å². The highest BCUT2D eigenvalue weighted by Gasteiger charge is 2.38. The summed E-state index contributed by atoms with van der Waals surface area (Å²) >= 11 is 5.19. The first-order chi connectivity index (χ1) is 8.13. The summed E-state index contributed by atoms with van der Waals surface area (Å²) in [5, 5.41) is 0. The summed E-state index contributed by atoms with van der Waals surface area (Å²) in [6, 6.07) is 2.87. The van der Waals surface area contributed by atoms with E-state index in [1.54, 1.807) is 4.57 Å². The van der Waals surface area contributed by atoms with Crippen molar-refractivity contribution in [3.05, 3.63) is 28.5 Å². The van der Waals surface area contributed by atoms with Crippen LogP contribution in [0.15, 0.2) is 12.1 Å². The van der Waals surface area contributed by atoms with E-state index in [-0.39, 0.29) is 11.6 Å². The van der Waals surface area contributed by atoms with Gasteiger partial charge in [-0.3, -0.25) is 0 Å². The average molecular weight is 254 g/mol. The number of aromatic nitrogens is 2. The number of rotatable bonds is 2. The summed E-state index contributed by atoms with van der Waals surface area (Å²) < 4.78 is 29.3. The van der Waals surface area contributed by atoms with Crippen molar-refractivity contribution in [2.24, 2.45) is 5.92 Å². The molecule has 2 nitrogen and oxygen atoms in total. The number of aromatic amines is 1. The van der Waals surface area contributed by atoms with Crippen LogP contribution in [-0.2, 0) is 0 Å². The van der Waals surface area contributed by atoms with Gasteiger partial charge in [-0.25, -0.2) is 8.78 Å². The van der Waals surface area contributed by atoms with E-state index in [2.05, 4.69) is 11.9 Å². The van der Waals surface area contributed by atoms with E-state index < -0.39 is 11.6 Å². The van der Waals surface area contributed by atoms with Gasteiger partial charge in [0.1, 0.15) is 5.52 Å². The number of halogens is 2. The highest BCUT2D eigenvalue weighted by molar-refractivity contribution is 7.71. The molecule has 0 amide bonds. The number of imidazole rings is 1. The minimum absolute atomic E-state index is 0.220. The van der Waals surface area contributed by atoms with E-state index in [4.69, 9.17) is 12.2 Å². The Morgan fingerprint density at radius 3 is 2.88 bits per heavy atom. The molecule has 1 aliphatic carbocycles. The van der Waals surface area contributed by atoms with Crippen LogP contribution >= 0.6 is 12.2 Å². The van der Waals surface area contributed by atoms with E-state index in [1.807, 2.05) is 0 Å². The van der Waals surface area contributed by atoms with Gasteiger partial charge in [-0.2, -0.15) is 0 Å². The van der Waals surface area contributed by atoms with Gasteiger partial charge in [-0.05, 0) is 36.7 Å². The van der Waals surface area contributed by atoms with Crippen molar-refractivity contribution in [2.75, 3.05) is 0 Å². The molecule has 3 rings (SSSR count). The Kier molecular flexibility index (Phi) is 2.33. The standard InChI is InChI=1S/C12H12F2N2S/c1-2-6-5-9(6)16-11-8(15-12(16)17)4-3-7(13)10(11)14/h3-4,6,9H,2,5H2,1H3,(H,15,17). The molecule has 0 spiro atoms. The van der Waals surface area contributed by atoms with Crippen LogP contribution in [0, 0.1) is 22.3 Å². The second kappa shape index (κ2) is 3.63. The van der Waals surface area contributed by atoms with Crippen molar-refractivity contribution in [3.63, 3.8) is 0 Å². The number of H-pyrrole nitrogens is 1. The summed E-state index contributed by atoms with van der Waals surface area (Å²) in [6.07, 6.45) is 2.03. The molecule has 1 fully saturated rings. The predicted octanol–water partition coefficient (Wildman–Crippen LogP) is 3.95. The third-order valence-electron chi connectivity index (χ3n) is 3.51. The van der Waals surface area contributed by atoms with Crippen LogP contribution < -0.4 is 0 Å². The zero-order valence-corrected chi connectivity index (χ0v) is 10.2. The van der Waals surface area contributed by atoms with E-state index in [1.165, 1.54) is 6.07 Å². The Morgan fingerprint density at radius 1 is 1.47 bits per heavy atom. The van der Waals surface area contributed by atoms with Gasteiger partial charge in [-0.1, -0.05) is 13.3 Å². The molecule has 1 aliphatic rings. The van der Waals surface area contributed by atoms with Gasteiger partial charge in [0.15, 0.2) is 16.4 Å². The number of nitrogens with zero attached hydrogens (tertiary/aromatic N) is 1. The Bertz CT molecular complexity index is 644. The van der Waals surface area contributed by atoms with Crippen LogP contribution in [0.5, 0.6) is 0 Å². The molecule has 1 saturated carbocycles. The monoisotopic (exact) mass is 254 g/mol. The van der Waals surface area contributed by atoms with Crippen LogP contribution in [0.25, 0.3) is 11.0 Å². The average Bonchev–Trinajstić information content (AvgIpc) is 3.00. The predicted molar refractivity (Wildman–Crippen MR) is 64.5 cm³/mol. The summed E-state index contributed by atoms with van der Waals surface area (Å²) in [5.41, 5.74) is 0.839. The lowest BCUT2D eigenvalue weighted by Gasteiger charge is -2.04. The van der Waals surface area contributed by atoms with Crippen LogP contribution in [0.3, 0.4) is 0 Å². The fourth-order valence-corrected chi connectivity index (χ4v) is 2.79. The molecule has 1 N–H and O–H groups in total. The topological polar surface area (TPSA) is 20.7 Å². The lowest BCUT2D eigenvalue weighted by Crippen LogP contribution is -1.99. The molecule has 2 aromatic rings. The van der Waals surface area contributed by atoms with Gasteiger partial charge in [0.05, 0.1) is 5.52 Å². The van der Waals surface area contributed by atoms with E-state index in [9.17, 15) is 8.78 Å². The smallest absolute Gasteiger partial charge is 0.184 e. The second-order valence-corrected chi connectivity index (χ2v) is 4.92. The minimum atomic E-state index is -0.825. The largest absolute Gasteiger partial charge is 0.330 e. The van der Waals surface area contributed by atoms with Gasteiger partial charge in [0.2, 0.25) is 0 Å². The molecule has 1 aromatic carbocycles. The summed E-state index contributed by atoms with van der Waals surface area (Å²) in [4.78, 5) is 2.93. The maximum atomic E-state index is 13.8. The van der Waals surface area contributed by atoms with Crippen molar-refractivity contribution in [1.29, 1.82) is 0 Å². The fraction of sp³-hybridized carbons (Fsp3) is 0.417. The quantitative estimate of drug-likeness (QED) is 0.805. The molecule has 0 radical (unpaired) electrons. The minimum Gasteiger partial charge on any atom is -0.330 e. The molecule has 5 heteroatoms. The maximum absolute atomic E-state index is 13.8. The Balaban J connectivity index is 2.27. The molecule has 2 atom stereocenters. The fourth-order valence-electron chi connectivity index (χ4n) is 2.46. The molecular weight excluding hydrogens is 242 g/mol. The van der Waals surface area contributed by atoms with Crippen molar-refractivity contribution in [2.45, 2.75) is 25.8 Å². The number of benzene rings is 1. The Morgan fingerprint density at radius 2 is 2.24 bits per heavy atom. The van der Waals surface area contributed by atoms with Gasteiger partial charge in [0.25, 0.3) is 0 Å². The number of nitrogens with one attached hydrogen (secondary N) is 1. The normalized spacial score (nSPS) is 23.2. The molecule has 90 valence electrons. The third-order valence-corrected chi connectivity index (χ3v) is 3.81. The zero-order chi connectivity index (χ0) is 12.2. The molecule has 2 unspecified atom stereocenters. The highest BCUT2D eigenvalue weighted by Crippen LogP contribution is 2.47. The summed E-state index contributed by atoms with van der Waals surface area (Å²) in [7, 11) is 0. The molecule has 0 aliphatic heterocycles. The molecule has 1 heterocycles. The third kappa shape index (κ3) is 1.52. The number of hydrogen-bond donors (Lipinski definition) is 1. The number of fused-ring (bicyclic) bond motifs is 1. The van der Waals surface area contributed by atoms with E-state index in [0.717, 1.165) is 18.9 Å². The second-order valence-electron chi connectivity index (χ2n) is 4.53. The molecular formula is C12H12F2N2S. The lowest BCUT2D eigenvalue weighted by molar-refractivity contribution is 0.509. The summed E-state index contributed by atoms with van der Waals surface area (Å²) in [5.74, 6) is -1.10. The molecule has 0 bridgehead atoms. The van der Waals surface area contributed by atoms with Crippen molar-refractivity contribution < 1.29 is 8.78 Å². The van der Waals surface area contributed by atoms with Crippen molar-refractivity contribution in [3.8, 4) is 0 Å². The van der Waals surface area contributed by atoms with Crippen molar-refractivity contribution >= 4 is 23.3 Å².